The number of carbonyl (C=O) groups is 1. The second-order valence-electron chi connectivity index (χ2n) is 6.14. The third kappa shape index (κ3) is 4.85. The van der Waals surface area contributed by atoms with Gasteiger partial charge in [0.25, 0.3) is 0 Å². The summed E-state index contributed by atoms with van der Waals surface area (Å²) in [5.74, 6) is 1.74. The Balaban J connectivity index is 1.32. The van der Waals surface area contributed by atoms with Crippen LogP contribution < -0.4 is 10.1 Å². The number of rotatable bonds is 8. The summed E-state index contributed by atoms with van der Waals surface area (Å²) in [4.78, 5) is 22.7. The van der Waals surface area contributed by atoms with Crippen molar-refractivity contribution < 1.29 is 9.53 Å². The molecule has 4 rings (SSSR count). The van der Waals surface area contributed by atoms with Crippen molar-refractivity contribution in [3.05, 3.63) is 36.4 Å². The second-order valence-corrected chi connectivity index (χ2v) is 10.4. The highest BCUT2D eigenvalue weighted by Gasteiger charge is 2.13. The van der Waals surface area contributed by atoms with Crippen LogP contribution in [0.4, 0.5) is 5.13 Å². The van der Waals surface area contributed by atoms with Gasteiger partial charge in [-0.2, -0.15) is 0 Å². The molecule has 2 aromatic carbocycles. The van der Waals surface area contributed by atoms with Crippen LogP contribution in [0.1, 0.15) is 12.8 Å². The third-order valence-corrected chi connectivity index (χ3v) is 8.50. The Kier molecular flexibility index (Phi) is 6.59. The maximum atomic E-state index is 12.3. The van der Waals surface area contributed by atoms with Crippen molar-refractivity contribution in [3.63, 3.8) is 0 Å². The first kappa shape index (κ1) is 20.5. The zero-order chi connectivity index (χ0) is 20.2. The van der Waals surface area contributed by atoms with Gasteiger partial charge in [0.15, 0.2) is 9.47 Å². The molecular weight excluding hydrogens is 443 g/mol. The maximum Gasteiger partial charge on any atom is 0.226 e. The molecule has 2 aromatic heterocycles. The number of benzene rings is 2. The van der Waals surface area contributed by atoms with E-state index in [9.17, 15) is 4.79 Å². The number of amides is 1. The highest BCUT2D eigenvalue weighted by atomic mass is 32.2. The number of carbonyl (C=O) groups excluding carboxylic acids is 1. The molecule has 0 saturated carbocycles. The molecule has 29 heavy (non-hydrogen) atoms. The van der Waals surface area contributed by atoms with Crippen LogP contribution in [0.15, 0.2) is 45.6 Å². The van der Waals surface area contributed by atoms with E-state index in [1.165, 1.54) is 16.2 Å². The van der Waals surface area contributed by atoms with Crippen molar-refractivity contribution in [2.45, 2.75) is 22.1 Å². The van der Waals surface area contributed by atoms with Crippen LogP contribution in [0.5, 0.6) is 5.75 Å². The van der Waals surface area contributed by atoms with E-state index >= 15 is 0 Å². The highest BCUT2D eigenvalue weighted by molar-refractivity contribution is 8.00. The quantitative estimate of drug-likeness (QED) is 0.251. The molecule has 0 atom stereocenters. The number of aromatic nitrogens is 2. The normalized spacial score (nSPS) is 11.2. The van der Waals surface area contributed by atoms with Crippen LogP contribution in [0.25, 0.3) is 20.4 Å². The van der Waals surface area contributed by atoms with E-state index in [0.717, 1.165) is 42.7 Å². The first-order valence-corrected chi connectivity index (χ1v) is 12.8. The van der Waals surface area contributed by atoms with Crippen molar-refractivity contribution in [2.24, 2.45) is 0 Å². The summed E-state index contributed by atoms with van der Waals surface area (Å²) in [6.45, 7) is 0. The Hall–Kier alpha value is -1.81. The first-order chi connectivity index (χ1) is 14.2. The van der Waals surface area contributed by atoms with Crippen molar-refractivity contribution >= 4 is 77.7 Å². The lowest BCUT2D eigenvalue weighted by atomic mass is 10.3. The number of hydrogen-bond donors (Lipinski definition) is 1. The van der Waals surface area contributed by atoms with Gasteiger partial charge in [-0.25, -0.2) is 9.97 Å². The number of ether oxygens (including phenoxy) is 1. The van der Waals surface area contributed by atoms with E-state index < -0.39 is 0 Å². The average molecular weight is 462 g/mol. The van der Waals surface area contributed by atoms with Crippen LogP contribution in [0, 0.1) is 0 Å². The summed E-state index contributed by atoms with van der Waals surface area (Å²) in [6, 6.07) is 11.9. The molecule has 150 valence electrons. The lowest BCUT2D eigenvalue weighted by Crippen LogP contribution is -2.11. The number of hydrogen-bond acceptors (Lipinski definition) is 8. The Morgan fingerprint density at radius 1 is 1.07 bits per heavy atom. The maximum absolute atomic E-state index is 12.3. The molecule has 0 aliphatic rings. The molecule has 4 aromatic rings. The smallest absolute Gasteiger partial charge is 0.226 e. The summed E-state index contributed by atoms with van der Waals surface area (Å²) in [6.07, 6.45) is 3.31. The van der Waals surface area contributed by atoms with Gasteiger partial charge in [0.1, 0.15) is 5.75 Å². The Morgan fingerprint density at radius 3 is 2.52 bits per heavy atom. The minimum atomic E-state index is 0.00439. The first-order valence-electron chi connectivity index (χ1n) is 8.97. The summed E-state index contributed by atoms with van der Waals surface area (Å²) < 4.78 is 8.43. The summed E-state index contributed by atoms with van der Waals surface area (Å²) >= 11 is 6.58. The lowest BCUT2D eigenvalue weighted by Gasteiger charge is -2.04. The predicted molar refractivity (Wildman–Crippen MR) is 126 cm³/mol. The van der Waals surface area contributed by atoms with Crippen LogP contribution in [-0.2, 0) is 4.79 Å². The molecular formula is C20H19N3O2S4. The topological polar surface area (TPSA) is 64.1 Å². The SMILES string of the molecule is COc1ccc(SCCCC(=O)Nc2nc3ccc4nc(SC)sc4c3s2)cc1. The van der Waals surface area contributed by atoms with Crippen LogP contribution >= 0.6 is 46.2 Å². The third-order valence-electron chi connectivity index (χ3n) is 4.19. The molecule has 0 spiro atoms. The molecule has 0 aliphatic heterocycles. The van der Waals surface area contributed by atoms with Gasteiger partial charge in [-0.15, -0.1) is 23.1 Å². The number of anilines is 1. The van der Waals surface area contributed by atoms with Gasteiger partial charge in [-0.3, -0.25) is 4.79 Å². The molecule has 1 N–H and O–H groups in total. The van der Waals surface area contributed by atoms with E-state index in [2.05, 4.69) is 15.3 Å². The van der Waals surface area contributed by atoms with Crippen LogP contribution in [0.3, 0.4) is 0 Å². The van der Waals surface area contributed by atoms with E-state index in [-0.39, 0.29) is 5.91 Å². The van der Waals surface area contributed by atoms with Crippen molar-refractivity contribution in [1.29, 1.82) is 0 Å². The van der Waals surface area contributed by atoms with Gasteiger partial charge in [0.05, 0.1) is 27.5 Å². The van der Waals surface area contributed by atoms with Crippen molar-refractivity contribution in [1.82, 2.24) is 9.97 Å². The van der Waals surface area contributed by atoms with Gasteiger partial charge in [0.2, 0.25) is 5.91 Å². The van der Waals surface area contributed by atoms with Crippen molar-refractivity contribution in [2.75, 3.05) is 24.4 Å². The van der Waals surface area contributed by atoms with Crippen LogP contribution in [0.2, 0.25) is 0 Å². The monoisotopic (exact) mass is 461 g/mol. The van der Waals surface area contributed by atoms with Crippen LogP contribution in [-0.4, -0.2) is 35.0 Å². The average Bonchev–Trinajstić information content (AvgIpc) is 3.34. The van der Waals surface area contributed by atoms with Gasteiger partial charge in [-0.05, 0) is 54.8 Å². The molecule has 5 nitrogen and oxygen atoms in total. The number of nitrogens with one attached hydrogen (secondary N) is 1. The minimum Gasteiger partial charge on any atom is -0.497 e. The number of thioether (sulfide) groups is 2. The predicted octanol–water partition coefficient (Wildman–Crippen LogP) is 6.15. The Morgan fingerprint density at radius 2 is 1.79 bits per heavy atom. The molecule has 0 bridgehead atoms. The van der Waals surface area contributed by atoms with E-state index in [1.807, 2.05) is 42.7 Å². The van der Waals surface area contributed by atoms with E-state index in [0.29, 0.717) is 11.6 Å². The van der Waals surface area contributed by atoms with E-state index in [1.54, 1.807) is 42.0 Å². The fraction of sp³-hybridized carbons (Fsp3) is 0.250. The summed E-state index contributed by atoms with van der Waals surface area (Å²) in [7, 11) is 1.66. The summed E-state index contributed by atoms with van der Waals surface area (Å²) in [5, 5.41) is 3.60. The number of methoxy groups -OCH3 is 1. The lowest BCUT2D eigenvalue weighted by molar-refractivity contribution is -0.116. The zero-order valence-electron chi connectivity index (χ0n) is 15.9. The largest absolute Gasteiger partial charge is 0.497 e. The molecule has 9 heteroatoms. The molecule has 0 radical (unpaired) electrons. The second kappa shape index (κ2) is 9.34. The Bertz CT molecular complexity index is 1140. The van der Waals surface area contributed by atoms with Gasteiger partial charge in [0, 0.05) is 11.3 Å². The van der Waals surface area contributed by atoms with Crippen molar-refractivity contribution in [3.8, 4) is 5.75 Å². The fourth-order valence-corrected chi connectivity index (χ4v) is 6.30. The molecule has 1 amide bonds. The van der Waals surface area contributed by atoms with Gasteiger partial charge < -0.3 is 10.1 Å². The zero-order valence-corrected chi connectivity index (χ0v) is 19.2. The standard InChI is InChI=1S/C20H19N3O2S4/c1-25-12-5-7-13(8-6-12)27-11-3-4-16(24)23-19-21-14-9-10-15-18(17(14)28-19)29-20(22-15)26-2/h5-10H,3-4,11H2,1-2H3,(H,21,23,24). The minimum absolute atomic E-state index is 0.00439. The fourth-order valence-electron chi connectivity index (χ4n) is 2.77. The number of fused-ring (bicyclic) bond motifs is 3. The van der Waals surface area contributed by atoms with Gasteiger partial charge >= 0.3 is 0 Å². The molecule has 0 saturated heterocycles. The Labute approximate surface area is 185 Å². The van der Waals surface area contributed by atoms with E-state index in [4.69, 9.17) is 4.74 Å². The van der Waals surface area contributed by atoms with Gasteiger partial charge in [-0.1, -0.05) is 23.1 Å². The molecule has 2 heterocycles. The molecule has 0 aliphatic carbocycles. The molecule has 0 unspecified atom stereocenters. The molecule has 0 fully saturated rings. The number of nitrogens with zero attached hydrogens (tertiary/aromatic N) is 2. The highest BCUT2D eigenvalue weighted by Crippen LogP contribution is 2.38. The summed E-state index contributed by atoms with van der Waals surface area (Å²) in [5.41, 5.74) is 1.90. The number of thiazole rings is 2.